The molecule has 1 aromatic rings. The van der Waals surface area contributed by atoms with Crippen LogP contribution in [0.5, 0.6) is 0 Å². The minimum atomic E-state index is -0.403. The lowest BCUT2D eigenvalue weighted by Gasteiger charge is -2.25. The first-order valence-electron chi connectivity index (χ1n) is 7.62. The second-order valence-corrected chi connectivity index (χ2v) is 7.11. The van der Waals surface area contributed by atoms with Crippen LogP contribution in [-0.4, -0.2) is 62.4 Å². The van der Waals surface area contributed by atoms with Gasteiger partial charge in [0.1, 0.15) is 5.01 Å². The lowest BCUT2D eigenvalue weighted by atomic mass is 9.80. The number of hydrogen-bond acceptors (Lipinski definition) is 6. The molecule has 6 nitrogen and oxygen atoms in total. The highest BCUT2D eigenvalue weighted by atomic mass is 32.1. The van der Waals surface area contributed by atoms with Crippen molar-refractivity contribution < 1.29 is 14.3 Å². The summed E-state index contributed by atoms with van der Waals surface area (Å²) in [4.78, 5) is 19.5. The summed E-state index contributed by atoms with van der Waals surface area (Å²) in [5.74, 6) is 0.376. The predicted molar refractivity (Wildman–Crippen MR) is 83.8 cm³/mol. The van der Waals surface area contributed by atoms with Crippen LogP contribution in [0.25, 0.3) is 0 Å². The number of ether oxygens (including phenoxy) is 2. The van der Waals surface area contributed by atoms with Crippen molar-refractivity contribution >= 4 is 17.2 Å². The Morgan fingerprint density at radius 3 is 3.27 bits per heavy atom. The number of rotatable bonds is 6. The molecular weight excluding hydrogens is 302 g/mol. The highest BCUT2D eigenvalue weighted by Crippen LogP contribution is 2.42. The van der Waals surface area contributed by atoms with Gasteiger partial charge in [-0.1, -0.05) is 0 Å². The molecule has 1 aromatic heterocycles. The number of methoxy groups -OCH3 is 1. The molecule has 1 amide bonds. The molecule has 0 bridgehead atoms. The van der Waals surface area contributed by atoms with Gasteiger partial charge in [0.2, 0.25) is 5.91 Å². The Kier molecular flexibility index (Phi) is 4.77. The highest BCUT2D eigenvalue weighted by molar-refractivity contribution is 7.09. The minimum Gasteiger partial charge on any atom is -0.383 e. The van der Waals surface area contributed by atoms with Gasteiger partial charge in [0.15, 0.2) is 0 Å². The van der Waals surface area contributed by atoms with Gasteiger partial charge in [-0.25, -0.2) is 4.98 Å². The van der Waals surface area contributed by atoms with E-state index in [0.717, 1.165) is 30.3 Å². The second-order valence-electron chi connectivity index (χ2n) is 6.17. The van der Waals surface area contributed by atoms with Crippen molar-refractivity contribution in [2.45, 2.75) is 13.5 Å². The van der Waals surface area contributed by atoms with Gasteiger partial charge in [0.05, 0.1) is 31.8 Å². The zero-order valence-corrected chi connectivity index (χ0v) is 13.9. The van der Waals surface area contributed by atoms with Crippen LogP contribution in [-0.2, 0) is 20.8 Å². The SMILES string of the molecule is COCCNC(=O)[C@@]12COC[C@@H]1CN(Cc1nc(C)cs1)C2. The Hall–Kier alpha value is -1.02. The third kappa shape index (κ3) is 3.03. The molecule has 1 N–H and O–H groups in total. The number of aryl methyl sites for hydroxylation is 1. The zero-order chi connectivity index (χ0) is 15.6. The first kappa shape index (κ1) is 15.9. The number of nitrogens with one attached hydrogen (secondary N) is 1. The van der Waals surface area contributed by atoms with Crippen molar-refractivity contribution in [2.24, 2.45) is 11.3 Å². The predicted octanol–water partition coefficient (Wildman–Crippen LogP) is 0.663. The molecule has 0 aromatic carbocycles. The number of hydrogen-bond donors (Lipinski definition) is 1. The highest BCUT2D eigenvalue weighted by Gasteiger charge is 2.55. The molecule has 22 heavy (non-hydrogen) atoms. The number of amides is 1. The molecule has 7 heteroatoms. The largest absolute Gasteiger partial charge is 0.383 e. The number of thiazole rings is 1. The summed E-state index contributed by atoms with van der Waals surface area (Å²) in [5, 5.41) is 6.18. The maximum absolute atomic E-state index is 12.6. The zero-order valence-electron chi connectivity index (χ0n) is 13.1. The smallest absolute Gasteiger partial charge is 0.230 e. The van der Waals surface area contributed by atoms with Crippen molar-refractivity contribution in [3.8, 4) is 0 Å². The van der Waals surface area contributed by atoms with Crippen molar-refractivity contribution in [3.63, 3.8) is 0 Å². The quantitative estimate of drug-likeness (QED) is 0.779. The van der Waals surface area contributed by atoms with Crippen LogP contribution in [0, 0.1) is 18.3 Å². The maximum atomic E-state index is 12.6. The number of carbonyl (C=O) groups excluding carboxylic acids is 1. The van der Waals surface area contributed by atoms with Gasteiger partial charge in [-0.05, 0) is 6.92 Å². The molecular formula is C15H23N3O3S. The van der Waals surface area contributed by atoms with E-state index in [0.29, 0.717) is 26.4 Å². The number of nitrogens with zero attached hydrogens (tertiary/aromatic N) is 2. The summed E-state index contributed by atoms with van der Waals surface area (Å²) >= 11 is 1.69. The molecule has 2 aliphatic rings. The van der Waals surface area contributed by atoms with E-state index < -0.39 is 5.41 Å². The fourth-order valence-electron chi connectivity index (χ4n) is 3.39. The Labute approximate surface area is 134 Å². The first-order valence-corrected chi connectivity index (χ1v) is 8.50. The van der Waals surface area contributed by atoms with E-state index in [-0.39, 0.29) is 11.8 Å². The molecule has 2 atom stereocenters. The summed E-state index contributed by atoms with van der Waals surface area (Å²) in [7, 11) is 1.64. The summed E-state index contributed by atoms with van der Waals surface area (Å²) in [5.41, 5.74) is 0.662. The van der Waals surface area contributed by atoms with Crippen LogP contribution in [0.3, 0.4) is 0 Å². The molecule has 0 aliphatic carbocycles. The molecule has 0 saturated carbocycles. The molecule has 0 unspecified atom stereocenters. The molecule has 3 heterocycles. The van der Waals surface area contributed by atoms with Crippen molar-refractivity contribution in [1.82, 2.24) is 15.2 Å². The number of fused-ring (bicyclic) bond motifs is 1. The van der Waals surface area contributed by atoms with Crippen LogP contribution in [0.2, 0.25) is 0 Å². The number of carbonyl (C=O) groups is 1. The average molecular weight is 325 g/mol. The Bertz CT molecular complexity index is 536. The fraction of sp³-hybridized carbons (Fsp3) is 0.733. The topological polar surface area (TPSA) is 63.7 Å². The van der Waals surface area contributed by atoms with Crippen LogP contribution >= 0.6 is 11.3 Å². The van der Waals surface area contributed by atoms with Gasteiger partial charge in [0.25, 0.3) is 0 Å². The van der Waals surface area contributed by atoms with E-state index in [1.54, 1.807) is 18.4 Å². The first-order chi connectivity index (χ1) is 10.6. The molecule has 2 fully saturated rings. The van der Waals surface area contributed by atoms with Crippen LogP contribution in [0.4, 0.5) is 0 Å². The maximum Gasteiger partial charge on any atom is 0.230 e. The Morgan fingerprint density at radius 1 is 1.68 bits per heavy atom. The fourth-order valence-corrected chi connectivity index (χ4v) is 4.20. The number of aromatic nitrogens is 1. The lowest BCUT2D eigenvalue weighted by molar-refractivity contribution is -0.131. The molecule has 2 saturated heterocycles. The van der Waals surface area contributed by atoms with Gasteiger partial charge in [-0.3, -0.25) is 9.69 Å². The molecule has 0 radical (unpaired) electrons. The normalized spacial score (nSPS) is 28.0. The van der Waals surface area contributed by atoms with E-state index in [1.165, 1.54) is 0 Å². The van der Waals surface area contributed by atoms with Crippen molar-refractivity contribution in [3.05, 3.63) is 16.1 Å². The Morgan fingerprint density at radius 2 is 2.55 bits per heavy atom. The van der Waals surface area contributed by atoms with Gasteiger partial charge in [0, 0.05) is 43.7 Å². The minimum absolute atomic E-state index is 0.102. The standard InChI is InChI=1S/C15H23N3O3S/c1-11-8-22-13(17-11)6-18-5-12-7-21-10-15(12,9-18)14(19)16-3-4-20-2/h8,12H,3-7,9-10H2,1-2H3,(H,16,19)/t12-,15-/m0/s1. The van der Waals surface area contributed by atoms with Gasteiger partial charge < -0.3 is 14.8 Å². The molecule has 3 rings (SSSR count). The molecule has 2 aliphatic heterocycles. The third-order valence-electron chi connectivity index (χ3n) is 4.51. The van der Waals surface area contributed by atoms with Crippen molar-refractivity contribution in [1.29, 1.82) is 0 Å². The van der Waals surface area contributed by atoms with Gasteiger partial charge in [-0.2, -0.15) is 0 Å². The average Bonchev–Trinajstić information content (AvgIpc) is 3.14. The van der Waals surface area contributed by atoms with Gasteiger partial charge in [-0.15, -0.1) is 11.3 Å². The molecule has 122 valence electrons. The summed E-state index contributed by atoms with van der Waals surface area (Å²) in [6, 6.07) is 0. The second kappa shape index (κ2) is 6.62. The monoisotopic (exact) mass is 325 g/mol. The van der Waals surface area contributed by atoms with E-state index in [1.807, 2.05) is 6.92 Å². The summed E-state index contributed by atoms with van der Waals surface area (Å²) in [6.45, 7) is 6.75. The van der Waals surface area contributed by atoms with Crippen molar-refractivity contribution in [2.75, 3.05) is 46.6 Å². The van der Waals surface area contributed by atoms with E-state index in [2.05, 4.69) is 20.6 Å². The van der Waals surface area contributed by atoms with Crippen LogP contribution < -0.4 is 5.32 Å². The van der Waals surface area contributed by atoms with Crippen LogP contribution in [0.15, 0.2) is 5.38 Å². The molecule has 0 spiro atoms. The Balaban J connectivity index is 1.64. The van der Waals surface area contributed by atoms with Gasteiger partial charge >= 0.3 is 0 Å². The van der Waals surface area contributed by atoms with E-state index in [4.69, 9.17) is 9.47 Å². The van der Waals surface area contributed by atoms with E-state index >= 15 is 0 Å². The summed E-state index contributed by atoms with van der Waals surface area (Å²) < 4.78 is 10.6. The van der Waals surface area contributed by atoms with Crippen LogP contribution in [0.1, 0.15) is 10.7 Å². The lowest BCUT2D eigenvalue weighted by Crippen LogP contribution is -2.47. The number of likely N-dealkylation sites (tertiary alicyclic amines) is 1. The van der Waals surface area contributed by atoms with E-state index in [9.17, 15) is 4.79 Å². The third-order valence-corrected chi connectivity index (χ3v) is 5.47. The summed E-state index contributed by atoms with van der Waals surface area (Å²) in [6.07, 6.45) is 0.